The highest BCUT2D eigenvalue weighted by atomic mass is 16.3. The Bertz CT molecular complexity index is 1360. The first-order chi connectivity index (χ1) is 30.6. The van der Waals surface area contributed by atoms with Gasteiger partial charge in [-0.25, -0.2) is 0 Å². The molecule has 0 spiro atoms. The fraction of sp³-hybridized carbons (Fsp3) is 1.00. The first kappa shape index (κ1) is 51.6. The summed E-state index contributed by atoms with van der Waals surface area (Å²) in [5.74, 6) is 11.2. The Hall–Kier alpha value is -0.240. The average molecular weight is 897 g/mol. The van der Waals surface area contributed by atoms with E-state index in [0.717, 1.165) is 98.2 Å². The minimum absolute atomic E-state index is 0.0104. The molecule has 0 aromatic carbocycles. The lowest BCUT2D eigenvalue weighted by Gasteiger charge is -2.38. The van der Waals surface area contributed by atoms with Gasteiger partial charge in [-0.15, -0.1) is 0 Å². The van der Waals surface area contributed by atoms with Crippen LogP contribution in [0.5, 0.6) is 0 Å². The quantitative estimate of drug-likeness (QED) is 0.144. The molecule has 12 rings (SSSR count). The lowest BCUT2D eigenvalue weighted by atomic mass is 9.69. The van der Waals surface area contributed by atoms with Crippen molar-refractivity contribution < 1.29 is 30.6 Å². The molecule has 12 saturated carbocycles. The monoisotopic (exact) mass is 897 g/mol. The van der Waals surface area contributed by atoms with Crippen LogP contribution in [0.4, 0.5) is 0 Å². The van der Waals surface area contributed by atoms with Gasteiger partial charge in [-0.3, -0.25) is 0 Å². The third-order valence-corrected chi connectivity index (χ3v) is 21.7. The second-order valence-electron chi connectivity index (χ2n) is 26.3. The fourth-order valence-corrected chi connectivity index (χ4v) is 17.0. The van der Waals surface area contributed by atoms with Gasteiger partial charge in [0.1, 0.15) is 0 Å². The van der Waals surface area contributed by atoms with Gasteiger partial charge >= 0.3 is 0 Å². The molecule has 0 saturated heterocycles. The molecule has 20 atom stereocenters. The Morgan fingerprint density at radius 1 is 0.312 bits per heavy atom. The molecule has 0 radical (unpaired) electrons. The van der Waals surface area contributed by atoms with Crippen molar-refractivity contribution in [3.63, 3.8) is 0 Å². The van der Waals surface area contributed by atoms with E-state index in [2.05, 4.69) is 41.5 Å². The maximum atomic E-state index is 9.82. The van der Waals surface area contributed by atoms with Gasteiger partial charge in [0, 0.05) is 0 Å². The predicted octanol–water partition coefficient (Wildman–Crippen LogP) is 12.7. The number of aliphatic hydroxyl groups excluding tert-OH is 6. The minimum Gasteiger partial charge on any atom is -0.393 e. The molecule has 20 unspecified atom stereocenters. The molecule has 6 N–H and O–H groups in total. The molecular formula is C58H104O6. The normalized spacial score (nSPS) is 48.6. The van der Waals surface area contributed by atoms with Crippen LogP contribution in [0.3, 0.4) is 0 Å². The maximum absolute atomic E-state index is 9.82. The molecule has 6 heteroatoms. The van der Waals surface area contributed by atoms with Crippen molar-refractivity contribution in [3.05, 3.63) is 0 Å². The van der Waals surface area contributed by atoms with Crippen LogP contribution in [-0.4, -0.2) is 67.3 Å². The summed E-state index contributed by atoms with van der Waals surface area (Å²) in [4.78, 5) is 0. The molecule has 0 amide bonds. The molecular weight excluding hydrogens is 793 g/mol. The van der Waals surface area contributed by atoms with Crippen molar-refractivity contribution in [2.75, 3.05) is 0 Å². The number of hydrogen-bond donors (Lipinski definition) is 6. The molecule has 12 aliphatic rings. The summed E-state index contributed by atoms with van der Waals surface area (Å²) in [7, 11) is 0. The van der Waals surface area contributed by atoms with Crippen molar-refractivity contribution >= 4 is 0 Å². The molecule has 0 aliphatic heterocycles. The Morgan fingerprint density at radius 3 is 1.27 bits per heavy atom. The Kier molecular flexibility index (Phi) is 18.6. The van der Waals surface area contributed by atoms with Gasteiger partial charge < -0.3 is 30.6 Å². The zero-order valence-electron chi connectivity index (χ0n) is 42.4. The first-order valence-electron chi connectivity index (χ1n) is 28.6. The summed E-state index contributed by atoms with van der Waals surface area (Å²) in [6, 6.07) is 0. The van der Waals surface area contributed by atoms with Gasteiger partial charge in [0.15, 0.2) is 0 Å². The van der Waals surface area contributed by atoms with E-state index in [0.29, 0.717) is 40.4 Å². The summed E-state index contributed by atoms with van der Waals surface area (Å²) >= 11 is 0. The highest BCUT2D eigenvalue weighted by Gasteiger charge is 2.63. The number of fused-ring (bicyclic) bond motifs is 6. The van der Waals surface area contributed by atoms with Gasteiger partial charge in [-0.2, -0.15) is 0 Å². The third kappa shape index (κ3) is 12.9. The Balaban J connectivity index is 0.000000115. The Labute approximate surface area is 393 Å². The van der Waals surface area contributed by atoms with E-state index < -0.39 is 0 Å². The van der Waals surface area contributed by atoms with Crippen LogP contribution in [0, 0.1) is 93.7 Å². The summed E-state index contributed by atoms with van der Waals surface area (Å²) < 4.78 is 0. The second-order valence-corrected chi connectivity index (χ2v) is 26.3. The average Bonchev–Trinajstić information content (AvgIpc) is 3.70. The predicted molar refractivity (Wildman–Crippen MR) is 262 cm³/mol. The minimum atomic E-state index is -0.0157. The van der Waals surface area contributed by atoms with Crippen LogP contribution in [0.15, 0.2) is 0 Å². The van der Waals surface area contributed by atoms with E-state index in [1.54, 1.807) is 0 Å². The van der Waals surface area contributed by atoms with Gasteiger partial charge in [0.2, 0.25) is 0 Å². The molecule has 0 heterocycles. The maximum Gasteiger partial charge on any atom is 0.0601 e. The van der Waals surface area contributed by atoms with Crippen LogP contribution in [-0.2, 0) is 0 Å². The van der Waals surface area contributed by atoms with Crippen LogP contribution in [0.1, 0.15) is 234 Å². The molecule has 6 nitrogen and oxygen atoms in total. The van der Waals surface area contributed by atoms with Crippen LogP contribution in [0.2, 0.25) is 0 Å². The molecule has 0 aromatic rings. The number of hydrogen-bond acceptors (Lipinski definition) is 6. The van der Waals surface area contributed by atoms with E-state index in [4.69, 9.17) is 0 Å². The molecule has 64 heavy (non-hydrogen) atoms. The lowest BCUT2D eigenvalue weighted by molar-refractivity contribution is 0.0105. The largest absolute Gasteiger partial charge is 0.393 e. The van der Waals surface area contributed by atoms with E-state index in [9.17, 15) is 30.6 Å². The smallest absolute Gasteiger partial charge is 0.0601 e. The fourth-order valence-electron chi connectivity index (χ4n) is 17.0. The van der Waals surface area contributed by atoms with E-state index in [1.165, 1.54) is 148 Å². The first-order valence-corrected chi connectivity index (χ1v) is 28.6. The van der Waals surface area contributed by atoms with Crippen molar-refractivity contribution in [1.29, 1.82) is 0 Å². The summed E-state index contributed by atoms with van der Waals surface area (Å²) in [5, 5.41) is 57.5. The van der Waals surface area contributed by atoms with Crippen LogP contribution < -0.4 is 0 Å². The van der Waals surface area contributed by atoms with Crippen molar-refractivity contribution in [1.82, 2.24) is 0 Å². The van der Waals surface area contributed by atoms with Gasteiger partial charge in [-0.1, -0.05) is 131 Å². The van der Waals surface area contributed by atoms with Crippen LogP contribution in [0.25, 0.3) is 0 Å². The molecule has 12 fully saturated rings. The highest BCUT2D eigenvalue weighted by Crippen LogP contribution is 2.66. The summed E-state index contributed by atoms with van der Waals surface area (Å²) in [6.07, 6.45) is 38.9. The zero-order chi connectivity index (χ0) is 45.8. The topological polar surface area (TPSA) is 121 Å². The summed E-state index contributed by atoms with van der Waals surface area (Å²) in [5.41, 5.74) is 0.996. The second kappa shape index (κ2) is 23.1. The summed E-state index contributed by atoms with van der Waals surface area (Å²) in [6.45, 7) is 13.6. The van der Waals surface area contributed by atoms with Gasteiger partial charge in [0.25, 0.3) is 0 Å². The molecule has 372 valence electrons. The molecule has 0 bridgehead atoms. The van der Waals surface area contributed by atoms with Crippen molar-refractivity contribution in [2.45, 2.75) is 271 Å². The highest BCUT2D eigenvalue weighted by molar-refractivity contribution is 5.11. The molecule has 12 aliphatic carbocycles. The van der Waals surface area contributed by atoms with Gasteiger partial charge in [-0.05, 0) is 196 Å². The van der Waals surface area contributed by atoms with Gasteiger partial charge in [0.05, 0.1) is 36.6 Å². The Morgan fingerprint density at radius 2 is 0.734 bits per heavy atom. The SMILES string of the molecule is CC1CC2C(CC1O)C2(C)C.CC1CCC2C(C1O)C2(C)C.OC1CCC2CCCC2C1.OC1CCC2CCCCC2C1.OC1CCCC2CCCC12.OC1CCCC2CCCCC12. The number of aliphatic hydroxyl groups is 6. The van der Waals surface area contributed by atoms with E-state index in [-0.39, 0.29) is 36.6 Å². The van der Waals surface area contributed by atoms with E-state index >= 15 is 0 Å². The lowest BCUT2D eigenvalue weighted by Crippen LogP contribution is -2.34. The standard InChI is InChI=1S/4C10H18O.2C9H16O/c1-6-4-7-8(5-9(6)11)10(7,2)3;1-6-4-5-7-8(9(6)11)10(7,2)3;11-10-7-3-5-8-4-1-2-6-9(8)10;11-10-6-5-8-3-1-2-4-9(8)7-10;10-9-6-2-4-7-3-1-5-8(7)9;10-9-5-4-7-2-1-3-8(7)6-9/h2*6-9,11H,4-5H2,1-3H3;2*8-11H,1-7H2;2*7-10H,1-6H2. The zero-order valence-corrected chi connectivity index (χ0v) is 42.4. The third-order valence-electron chi connectivity index (χ3n) is 21.7. The van der Waals surface area contributed by atoms with Crippen molar-refractivity contribution in [2.24, 2.45) is 93.7 Å². The number of rotatable bonds is 0. The van der Waals surface area contributed by atoms with Crippen LogP contribution >= 0.6 is 0 Å². The van der Waals surface area contributed by atoms with E-state index in [1.807, 2.05) is 0 Å². The molecule has 0 aromatic heterocycles. The van der Waals surface area contributed by atoms with Crippen molar-refractivity contribution in [3.8, 4) is 0 Å².